The summed E-state index contributed by atoms with van der Waals surface area (Å²) in [6, 6.07) is 0. The van der Waals surface area contributed by atoms with E-state index >= 15 is 0 Å². The summed E-state index contributed by atoms with van der Waals surface area (Å²) in [6.07, 6.45) is 2.73. The summed E-state index contributed by atoms with van der Waals surface area (Å²) in [5.41, 5.74) is 0. The lowest BCUT2D eigenvalue weighted by Crippen LogP contribution is -2.25. The third kappa shape index (κ3) is 4.02. The molecule has 1 aromatic heterocycles. The van der Waals surface area contributed by atoms with Crippen LogP contribution < -0.4 is 5.32 Å². The third-order valence-corrected chi connectivity index (χ3v) is 2.81. The molecule has 0 spiro atoms. The number of rotatable bonds is 7. The minimum Gasteiger partial charge on any atom is -0.360 e. The number of aromatic nitrogens is 2. The fourth-order valence-corrected chi connectivity index (χ4v) is 1.74. The molecule has 0 atom stereocenters. The lowest BCUT2D eigenvalue weighted by molar-refractivity contribution is 0.303. The zero-order chi connectivity index (χ0) is 10.2. The van der Waals surface area contributed by atoms with E-state index in [1.165, 1.54) is 11.5 Å². The van der Waals surface area contributed by atoms with Crippen molar-refractivity contribution in [3.8, 4) is 0 Å². The van der Waals surface area contributed by atoms with Crippen molar-refractivity contribution in [2.75, 3.05) is 31.5 Å². The van der Waals surface area contributed by atoms with Gasteiger partial charge in [0, 0.05) is 18.1 Å². The molecule has 0 bridgehead atoms. The van der Waals surface area contributed by atoms with Crippen LogP contribution in [-0.4, -0.2) is 40.4 Å². The van der Waals surface area contributed by atoms with E-state index in [1.807, 2.05) is 0 Å². The SMILES string of the molecule is CCN(CC)CCCNc1ncns1. The number of hydrogen-bond acceptors (Lipinski definition) is 5. The molecule has 0 radical (unpaired) electrons. The Hall–Kier alpha value is -0.680. The fourth-order valence-electron chi connectivity index (χ4n) is 1.29. The van der Waals surface area contributed by atoms with Gasteiger partial charge in [0.25, 0.3) is 0 Å². The maximum Gasteiger partial charge on any atom is 0.202 e. The first-order valence-electron chi connectivity index (χ1n) is 5.09. The second-order valence-corrected chi connectivity index (χ2v) is 3.83. The van der Waals surface area contributed by atoms with Crippen LogP contribution in [-0.2, 0) is 0 Å². The maximum atomic E-state index is 4.06. The Kier molecular flexibility index (Phi) is 5.47. The molecule has 0 unspecified atom stereocenters. The molecule has 4 nitrogen and oxygen atoms in total. The van der Waals surface area contributed by atoms with Crippen LogP contribution in [0.3, 0.4) is 0 Å². The summed E-state index contributed by atoms with van der Waals surface area (Å²) in [4.78, 5) is 6.47. The highest BCUT2D eigenvalue weighted by atomic mass is 32.1. The van der Waals surface area contributed by atoms with E-state index < -0.39 is 0 Å². The molecule has 14 heavy (non-hydrogen) atoms. The highest BCUT2D eigenvalue weighted by Crippen LogP contribution is 2.05. The quantitative estimate of drug-likeness (QED) is 0.701. The molecule has 1 aromatic rings. The Morgan fingerprint density at radius 3 is 2.79 bits per heavy atom. The zero-order valence-corrected chi connectivity index (χ0v) is 9.68. The number of hydrogen-bond donors (Lipinski definition) is 1. The molecule has 0 saturated carbocycles. The average molecular weight is 214 g/mol. The van der Waals surface area contributed by atoms with Crippen LogP contribution in [0, 0.1) is 0 Å². The molecule has 1 N–H and O–H groups in total. The van der Waals surface area contributed by atoms with E-state index in [1.54, 1.807) is 6.33 Å². The van der Waals surface area contributed by atoms with Crippen molar-refractivity contribution >= 4 is 16.7 Å². The second-order valence-electron chi connectivity index (χ2n) is 3.05. The normalized spacial score (nSPS) is 10.8. The van der Waals surface area contributed by atoms with Gasteiger partial charge in [-0.05, 0) is 26.1 Å². The number of anilines is 1. The van der Waals surface area contributed by atoms with Crippen LogP contribution in [0.15, 0.2) is 6.33 Å². The van der Waals surface area contributed by atoms with Crippen molar-refractivity contribution in [1.82, 2.24) is 14.3 Å². The van der Waals surface area contributed by atoms with Gasteiger partial charge in [0.1, 0.15) is 6.33 Å². The highest BCUT2D eigenvalue weighted by molar-refractivity contribution is 7.09. The van der Waals surface area contributed by atoms with E-state index in [0.717, 1.165) is 37.7 Å². The van der Waals surface area contributed by atoms with E-state index in [9.17, 15) is 0 Å². The van der Waals surface area contributed by atoms with Gasteiger partial charge in [0.2, 0.25) is 5.13 Å². The van der Waals surface area contributed by atoms with Gasteiger partial charge in [-0.2, -0.15) is 4.37 Å². The molecule has 1 heterocycles. The van der Waals surface area contributed by atoms with Gasteiger partial charge in [-0.25, -0.2) is 4.98 Å². The molecule has 0 aromatic carbocycles. The van der Waals surface area contributed by atoms with Crippen molar-refractivity contribution in [1.29, 1.82) is 0 Å². The predicted octanol–water partition coefficient (Wildman–Crippen LogP) is 1.68. The van der Waals surface area contributed by atoms with Crippen molar-refractivity contribution < 1.29 is 0 Å². The summed E-state index contributed by atoms with van der Waals surface area (Å²) in [5.74, 6) is 0. The Morgan fingerprint density at radius 2 is 2.21 bits per heavy atom. The fraction of sp³-hybridized carbons (Fsp3) is 0.778. The smallest absolute Gasteiger partial charge is 0.202 e. The van der Waals surface area contributed by atoms with Crippen molar-refractivity contribution in [3.05, 3.63) is 6.33 Å². The van der Waals surface area contributed by atoms with Crippen LogP contribution >= 0.6 is 11.5 Å². The monoisotopic (exact) mass is 214 g/mol. The summed E-state index contributed by atoms with van der Waals surface area (Å²) < 4.78 is 3.93. The minimum atomic E-state index is 0.921. The average Bonchev–Trinajstić information content (AvgIpc) is 2.71. The van der Waals surface area contributed by atoms with Crippen molar-refractivity contribution in [2.45, 2.75) is 20.3 Å². The Balaban J connectivity index is 2.04. The van der Waals surface area contributed by atoms with Gasteiger partial charge in [0.05, 0.1) is 0 Å². The molecule has 0 fully saturated rings. The Bertz CT molecular complexity index is 221. The maximum absolute atomic E-state index is 4.06. The largest absolute Gasteiger partial charge is 0.360 e. The first kappa shape index (κ1) is 11.4. The Labute approximate surface area is 89.5 Å². The molecule has 0 aliphatic rings. The lowest BCUT2D eigenvalue weighted by atomic mass is 10.3. The van der Waals surface area contributed by atoms with E-state index in [-0.39, 0.29) is 0 Å². The first-order chi connectivity index (χ1) is 6.86. The number of nitrogens with one attached hydrogen (secondary N) is 1. The molecular weight excluding hydrogens is 196 g/mol. The van der Waals surface area contributed by atoms with Crippen LogP contribution in [0.1, 0.15) is 20.3 Å². The third-order valence-electron chi connectivity index (χ3n) is 2.18. The van der Waals surface area contributed by atoms with Crippen LogP contribution in [0.2, 0.25) is 0 Å². The van der Waals surface area contributed by atoms with Crippen LogP contribution in [0.5, 0.6) is 0 Å². The standard InChI is InChI=1S/C9H18N4S/c1-3-13(4-2)7-5-6-10-9-11-8-12-14-9/h8H,3-7H2,1-2H3,(H,10,11,12). The zero-order valence-electron chi connectivity index (χ0n) is 8.86. The molecule has 1 rings (SSSR count). The Morgan fingerprint density at radius 1 is 1.43 bits per heavy atom. The van der Waals surface area contributed by atoms with E-state index in [4.69, 9.17) is 0 Å². The lowest BCUT2D eigenvalue weighted by Gasteiger charge is -2.17. The predicted molar refractivity (Wildman–Crippen MR) is 60.8 cm³/mol. The molecular formula is C9H18N4S. The summed E-state index contributed by atoms with van der Waals surface area (Å²) in [7, 11) is 0. The summed E-state index contributed by atoms with van der Waals surface area (Å²) in [5, 5.41) is 4.17. The van der Waals surface area contributed by atoms with E-state index in [2.05, 4.69) is 33.4 Å². The molecule has 5 heteroatoms. The summed E-state index contributed by atoms with van der Waals surface area (Å²) in [6.45, 7) is 8.79. The first-order valence-corrected chi connectivity index (χ1v) is 5.87. The molecule has 0 aliphatic heterocycles. The topological polar surface area (TPSA) is 41.0 Å². The molecule has 0 aliphatic carbocycles. The summed E-state index contributed by atoms with van der Waals surface area (Å²) >= 11 is 1.41. The molecule has 0 amide bonds. The minimum absolute atomic E-state index is 0.921. The van der Waals surface area contributed by atoms with Crippen molar-refractivity contribution in [2.24, 2.45) is 0 Å². The van der Waals surface area contributed by atoms with E-state index in [0.29, 0.717) is 0 Å². The second kappa shape index (κ2) is 6.73. The van der Waals surface area contributed by atoms with Gasteiger partial charge in [-0.3, -0.25) is 0 Å². The van der Waals surface area contributed by atoms with Crippen molar-refractivity contribution in [3.63, 3.8) is 0 Å². The van der Waals surface area contributed by atoms with Gasteiger partial charge < -0.3 is 10.2 Å². The van der Waals surface area contributed by atoms with Gasteiger partial charge in [0.15, 0.2) is 0 Å². The molecule has 80 valence electrons. The number of nitrogens with zero attached hydrogens (tertiary/aromatic N) is 3. The van der Waals surface area contributed by atoms with Gasteiger partial charge in [-0.1, -0.05) is 13.8 Å². The molecule has 0 saturated heterocycles. The van der Waals surface area contributed by atoms with Gasteiger partial charge >= 0.3 is 0 Å². The highest BCUT2D eigenvalue weighted by Gasteiger charge is 1.98. The van der Waals surface area contributed by atoms with Gasteiger partial charge in [-0.15, -0.1) is 0 Å². The van der Waals surface area contributed by atoms with Crippen LogP contribution in [0.4, 0.5) is 5.13 Å². The van der Waals surface area contributed by atoms with Crippen LogP contribution in [0.25, 0.3) is 0 Å².